The number of carbonyl (C=O) groups excluding carboxylic acids is 1. The van der Waals surface area contributed by atoms with Gasteiger partial charge in [0.15, 0.2) is 6.29 Å². The van der Waals surface area contributed by atoms with E-state index in [0.717, 1.165) is 0 Å². The van der Waals surface area contributed by atoms with Crippen LogP contribution in [-0.2, 0) is 23.8 Å². The van der Waals surface area contributed by atoms with Crippen molar-refractivity contribution in [2.75, 3.05) is 21.2 Å². The molecule has 5 N–H and O–H groups in total. The summed E-state index contributed by atoms with van der Waals surface area (Å²) in [4.78, 5) is 20.3. The lowest BCUT2D eigenvalue weighted by atomic mass is 9.73. The van der Waals surface area contributed by atoms with E-state index in [1.54, 1.807) is 27.7 Å². The molecule has 42 heavy (non-hydrogen) atoms. The normalized spacial score (nSPS) is 47.6. The van der Waals surface area contributed by atoms with Gasteiger partial charge in [-0.25, -0.2) is 0 Å². The van der Waals surface area contributed by atoms with Crippen LogP contribution in [0.5, 0.6) is 0 Å². The molecule has 12 nitrogen and oxygen atoms in total. The maximum absolute atomic E-state index is 13.3. The van der Waals surface area contributed by atoms with Crippen LogP contribution in [0.15, 0.2) is 5.16 Å². The van der Waals surface area contributed by atoms with Crippen molar-refractivity contribution in [3.8, 4) is 0 Å². The van der Waals surface area contributed by atoms with Gasteiger partial charge in [0, 0.05) is 23.8 Å². The summed E-state index contributed by atoms with van der Waals surface area (Å²) in [6, 6.07) is -0.267. The Kier molecular flexibility index (Phi) is 12.8. The van der Waals surface area contributed by atoms with Crippen LogP contribution < -0.4 is 0 Å². The summed E-state index contributed by atoms with van der Waals surface area (Å²) in [7, 11) is 5.08. The van der Waals surface area contributed by atoms with Crippen molar-refractivity contribution in [2.45, 2.75) is 135 Å². The molecule has 0 aromatic rings. The molecule has 0 aromatic heterocycles. The minimum absolute atomic E-state index is 0.0433. The number of hydrogen-bond donors (Lipinski definition) is 5. The summed E-state index contributed by atoms with van der Waals surface area (Å²) in [6.45, 7) is 13.2. The Morgan fingerprint density at radius 2 is 1.62 bits per heavy atom. The fraction of sp³-hybridized carbons (Fsp3) is 0.933. The molecule has 0 unspecified atom stereocenters. The number of esters is 1. The smallest absolute Gasteiger partial charge is 0.311 e. The summed E-state index contributed by atoms with van der Waals surface area (Å²) in [5.74, 6) is -3.94. The first-order chi connectivity index (χ1) is 19.3. The van der Waals surface area contributed by atoms with Crippen LogP contribution in [0, 0.1) is 23.7 Å². The van der Waals surface area contributed by atoms with Crippen LogP contribution >= 0.6 is 0 Å². The summed E-state index contributed by atoms with van der Waals surface area (Å²) in [5.41, 5.74) is -3.14. The first-order valence-corrected chi connectivity index (χ1v) is 15.1. The number of ether oxygens (including phenoxy) is 3. The van der Waals surface area contributed by atoms with E-state index in [-0.39, 0.29) is 25.0 Å². The number of nitrogens with zero attached hydrogens (tertiary/aromatic N) is 2. The lowest BCUT2D eigenvalue weighted by Gasteiger charge is -2.47. The number of aliphatic hydroxyl groups is 5. The van der Waals surface area contributed by atoms with Gasteiger partial charge in [-0.2, -0.15) is 0 Å². The van der Waals surface area contributed by atoms with E-state index >= 15 is 0 Å². The van der Waals surface area contributed by atoms with E-state index in [0.29, 0.717) is 12.1 Å². The van der Waals surface area contributed by atoms with Gasteiger partial charge in [-0.1, -0.05) is 32.9 Å². The molecule has 2 fully saturated rings. The minimum atomic E-state index is -1.86. The molecule has 0 aliphatic carbocycles. The highest BCUT2D eigenvalue weighted by Gasteiger charge is 2.51. The van der Waals surface area contributed by atoms with Gasteiger partial charge < -0.3 is 49.5 Å². The molecule has 12 heteroatoms. The molecule has 0 saturated carbocycles. The van der Waals surface area contributed by atoms with Gasteiger partial charge in [0.2, 0.25) is 0 Å². The maximum Gasteiger partial charge on any atom is 0.311 e. The van der Waals surface area contributed by atoms with E-state index in [2.05, 4.69) is 5.16 Å². The van der Waals surface area contributed by atoms with Gasteiger partial charge in [0.05, 0.1) is 41.6 Å². The highest BCUT2D eigenvalue weighted by atomic mass is 16.7. The van der Waals surface area contributed by atoms with Crippen LogP contribution in [0.1, 0.15) is 74.7 Å². The molecular weight excluding hydrogens is 548 g/mol. The van der Waals surface area contributed by atoms with Gasteiger partial charge in [-0.15, -0.1) is 0 Å². The molecule has 0 spiro atoms. The van der Waals surface area contributed by atoms with Crippen molar-refractivity contribution in [1.82, 2.24) is 4.90 Å². The van der Waals surface area contributed by atoms with Crippen molar-refractivity contribution in [1.29, 1.82) is 0 Å². The molecule has 0 aromatic carbocycles. The third kappa shape index (κ3) is 8.01. The third-order valence-electron chi connectivity index (χ3n) is 9.31. The van der Waals surface area contributed by atoms with Gasteiger partial charge in [0.25, 0.3) is 0 Å². The Balaban J connectivity index is 2.63. The third-order valence-corrected chi connectivity index (χ3v) is 9.31. The first-order valence-electron chi connectivity index (χ1n) is 15.1. The second-order valence-corrected chi connectivity index (χ2v) is 13.2. The lowest BCUT2D eigenvalue weighted by molar-refractivity contribution is -0.298. The fourth-order valence-corrected chi connectivity index (χ4v) is 6.70. The molecule has 2 aliphatic heterocycles. The van der Waals surface area contributed by atoms with Crippen LogP contribution in [0.3, 0.4) is 0 Å². The Bertz CT molecular complexity index is 913. The Hall–Kier alpha value is -1.38. The Labute approximate surface area is 251 Å². The van der Waals surface area contributed by atoms with E-state index in [4.69, 9.17) is 19.0 Å². The average Bonchev–Trinajstić information content (AvgIpc) is 2.91. The van der Waals surface area contributed by atoms with Crippen LogP contribution in [0.4, 0.5) is 0 Å². The monoisotopic (exact) mass is 604 g/mol. The zero-order chi connectivity index (χ0) is 32.3. The predicted molar refractivity (Wildman–Crippen MR) is 156 cm³/mol. The van der Waals surface area contributed by atoms with Crippen LogP contribution in [0.25, 0.3) is 0 Å². The summed E-state index contributed by atoms with van der Waals surface area (Å²) < 4.78 is 18.1. The predicted octanol–water partition coefficient (Wildman–Crippen LogP) is 1.29. The van der Waals surface area contributed by atoms with Crippen LogP contribution in [0.2, 0.25) is 0 Å². The van der Waals surface area contributed by atoms with E-state index < -0.39 is 77.7 Å². The average molecular weight is 605 g/mol. The Morgan fingerprint density at radius 1 is 1.02 bits per heavy atom. The van der Waals surface area contributed by atoms with Gasteiger partial charge in [0.1, 0.15) is 24.9 Å². The van der Waals surface area contributed by atoms with Gasteiger partial charge >= 0.3 is 5.97 Å². The largest absolute Gasteiger partial charge is 0.459 e. The molecule has 14 atom stereocenters. The van der Waals surface area contributed by atoms with Crippen molar-refractivity contribution >= 4 is 11.7 Å². The number of likely N-dealkylation sites (N-methyl/N-ethyl adjacent to an activating group) is 1. The maximum atomic E-state index is 13.3. The number of oxime groups is 1. The van der Waals surface area contributed by atoms with Crippen molar-refractivity contribution in [2.24, 2.45) is 28.8 Å². The molecule has 246 valence electrons. The second-order valence-electron chi connectivity index (χ2n) is 13.2. The quantitative estimate of drug-likeness (QED) is 0.226. The zero-order valence-corrected chi connectivity index (χ0v) is 27.2. The van der Waals surface area contributed by atoms with Crippen molar-refractivity contribution in [3.05, 3.63) is 0 Å². The van der Waals surface area contributed by atoms with Gasteiger partial charge in [-0.3, -0.25) is 4.79 Å². The van der Waals surface area contributed by atoms with Crippen molar-refractivity contribution in [3.63, 3.8) is 0 Å². The number of cyclic esters (lactones) is 1. The highest BCUT2D eigenvalue weighted by molar-refractivity contribution is 5.88. The molecule has 0 amide bonds. The lowest BCUT2D eigenvalue weighted by Crippen LogP contribution is -2.60. The fourth-order valence-electron chi connectivity index (χ4n) is 6.70. The second kappa shape index (κ2) is 14.6. The Morgan fingerprint density at radius 3 is 2.14 bits per heavy atom. The number of rotatable bonds is 5. The SMILES string of the molecule is CC[C@H]1OC(=O)[C@H](C)[C@@H](O)[C@H](C)[C@@H](O[C@@H]2O[C@H](C)C[C@H](N(C)C)[C@H]2O)[C@](C)(O)C[C@@H](C)/C(=N\OC)[C@H](C)[C@@H](O)[C@]1(C)O. The van der Waals surface area contributed by atoms with Crippen LogP contribution in [-0.4, -0.2) is 123 Å². The molecule has 0 bridgehead atoms. The molecule has 2 saturated heterocycles. The first kappa shape index (κ1) is 36.8. The van der Waals surface area contributed by atoms with Gasteiger partial charge in [-0.05, 0) is 61.1 Å². The van der Waals surface area contributed by atoms with E-state index in [1.165, 1.54) is 21.0 Å². The summed E-state index contributed by atoms with van der Waals surface area (Å²) in [6.07, 6.45) is -6.54. The zero-order valence-electron chi connectivity index (χ0n) is 27.2. The van der Waals surface area contributed by atoms with Crippen molar-refractivity contribution < 1.29 is 49.4 Å². The summed E-state index contributed by atoms with van der Waals surface area (Å²) >= 11 is 0. The number of aliphatic hydroxyl groups excluding tert-OH is 3. The molecule has 2 rings (SSSR count). The van der Waals surface area contributed by atoms with E-state index in [1.807, 2.05) is 32.8 Å². The minimum Gasteiger partial charge on any atom is -0.459 e. The molecule has 2 aliphatic rings. The number of hydrogen-bond acceptors (Lipinski definition) is 12. The van der Waals surface area contributed by atoms with E-state index in [9.17, 15) is 30.3 Å². The summed E-state index contributed by atoms with van der Waals surface area (Å²) in [5, 5.41) is 61.6. The molecular formula is C30H56N2O10. The standard InChI is InChI=1S/C30H56N2O10/c1-12-21-30(8,38)25(35)17(4)22(31-39-11)15(2)14-29(7,37)26(18(5)23(33)19(6)27(36)41-21)42-28-24(34)20(32(9)10)13-16(3)40-28/h15-21,23-26,28,33-35,37-38H,12-14H2,1-11H3/b31-22+/t15-,16-,17+,18+,19-,20+,21-,23+,24-,25-,26-,28+,29-,30-/m1/s1. The number of carbonyl (C=O) groups is 1. The highest BCUT2D eigenvalue weighted by Crippen LogP contribution is 2.38. The molecule has 0 radical (unpaired) electrons. The topological polar surface area (TPSA) is 171 Å². The molecule has 2 heterocycles.